The van der Waals surface area contributed by atoms with Crippen molar-refractivity contribution in [2.75, 3.05) is 25.1 Å². The topological polar surface area (TPSA) is 75.4 Å². The molecule has 0 fully saturated rings. The normalized spacial score (nSPS) is 13.8. The zero-order valence-electron chi connectivity index (χ0n) is 12.8. The minimum Gasteiger partial charge on any atom is -0.397 e. The Kier molecular flexibility index (Phi) is 5.42. The van der Waals surface area contributed by atoms with Crippen LogP contribution in [0, 0.1) is 5.92 Å². The molecule has 0 radical (unpaired) electrons. The summed E-state index contributed by atoms with van der Waals surface area (Å²) in [6.07, 6.45) is 0.946. The molecular formula is C14H25N3O2S. The van der Waals surface area contributed by atoms with Crippen molar-refractivity contribution in [2.24, 2.45) is 5.92 Å². The number of anilines is 2. The number of nitrogens with two attached hydrogens (primary N) is 1. The lowest BCUT2D eigenvalue weighted by atomic mass is 10.0. The van der Waals surface area contributed by atoms with Gasteiger partial charge in [0.15, 0.2) is 0 Å². The quantitative estimate of drug-likeness (QED) is 0.791. The lowest BCUT2D eigenvalue weighted by molar-refractivity contribution is 0.511. The minimum absolute atomic E-state index is 0.248. The predicted molar refractivity (Wildman–Crippen MR) is 84.3 cm³/mol. The first-order chi connectivity index (χ1) is 9.20. The zero-order chi connectivity index (χ0) is 15.5. The van der Waals surface area contributed by atoms with Gasteiger partial charge in [-0.05, 0) is 30.5 Å². The van der Waals surface area contributed by atoms with Crippen molar-refractivity contribution in [2.45, 2.75) is 38.1 Å². The smallest absolute Gasteiger partial charge is 0.242 e. The Hall–Kier alpha value is -1.27. The number of sulfonamides is 1. The SMILES string of the molecule is CCC(Nc1cc(S(=O)(=O)N(C)C)ccc1N)C(C)C. The van der Waals surface area contributed by atoms with Crippen molar-refractivity contribution < 1.29 is 8.42 Å². The molecule has 6 heteroatoms. The molecule has 1 atom stereocenters. The third-order valence-electron chi connectivity index (χ3n) is 3.39. The van der Waals surface area contributed by atoms with E-state index >= 15 is 0 Å². The summed E-state index contributed by atoms with van der Waals surface area (Å²) in [5.74, 6) is 0.438. The Morgan fingerprint density at radius 1 is 1.30 bits per heavy atom. The van der Waals surface area contributed by atoms with Crippen molar-refractivity contribution in [3.63, 3.8) is 0 Å². The van der Waals surface area contributed by atoms with E-state index in [2.05, 4.69) is 26.1 Å². The molecule has 0 aliphatic carbocycles. The van der Waals surface area contributed by atoms with Crippen LogP contribution in [0.1, 0.15) is 27.2 Å². The van der Waals surface area contributed by atoms with Crippen LogP contribution in [-0.4, -0.2) is 32.9 Å². The summed E-state index contributed by atoms with van der Waals surface area (Å²) in [4.78, 5) is 0.248. The molecule has 0 aliphatic rings. The molecule has 0 saturated carbocycles. The van der Waals surface area contributed by atoms with Gasteiger partial charge >= 0.3 is 0 Å². The van der Waals surface area contributed by atoms with E-state index in [4.69, 9.17) is 5.73 Å². The molecule has 0 aliphatic heterocycles. The first-order valence-corrected chi connectivity index (χ1v) is 8.22. The summed E-state index contributed by atoms with van der Waals surface area (Å²) < 4.78 is 25.5. The van der Waals surface area contributed by atoms with Crippen LogP contribution in [0.15, 0.2) is 23.1 Å². The Morgan fingerprint density at radius 3 is 2.35 bits per heavy atom. The van der Waals surface area contributed by atoms with Crippen LogP contribution in [0.4, 0.5) is 11.4 Å². The van der Waals surface area contributed by atoms with Crippen molar-refractivity contribution in [3.05, 3.63) is 18.2 Å². The Balaban J connectivity index is 3.16. The molecule has 0 amide bonds. The van der Waals surface area contributed by atoms with Crippen LogP contribution in [0.2, 0.25) is 0 Å². The molecule has 0 saturated heterocycles. The van der Waals surface area contributed by atoms with Gasteiger partial charge in [-0.25, -0.2) is 12.7 Å². The minimum atomic E-state index is -3.44. The zero-order valence-corrected chi connectivity index (χ0v) is 13.7. The highest BCUT2D eigenvalue weighted by molar-refractivity contribution is 7.89. The van der Waals surface area contributed by atoms with Gasteiger partial charge in [0.25, 0.3) is 0 Å². The highest BCUT2D eigenvalue weighted by Crippen LogP contribution is 2.26. The third kappa shape index (κ3) is 3.64. The average molecular weight is 299 g/mol. The molecule has 114 valence electrons. The van der Waals surface area contributed by atoms with Gasteiger partial charge in [-0.3, -0.25) is 0 Å². The van der Waals surface area contributed by atoms with Gasteiger partial charge in [0, 0.05) is 20.1 Å². The van der Waals surface area contributed by atoms with E-state index in [1.807, 2.05) is 0 Å². The van der Waals surface area contributed by atoms with Gasteiger partial charge < -0.3 is 11.1 Å². The number of nitrogens with one attached hydrogen (secondary N) is 1. The predicted octanol–water partition coefficient (Wildman–Crippen LogP) is 2.37. The number of hydrogen-bond donors (Lipinski definition) is 2. The summed E-state index contributed by atoms with van der Waals surface area (Å²) in [7, 11) is -0.410. The molecule has 3 N–H and O–H groups in total. The van der Waals surface area contributed by atoms with E-state index in [-0.39, 0.29) is 10.9 Å². The van der Waals surface area contributed by atoms with Gasteiger partial charge in [-0.15, -0.1) is 0 Å². The van der Waals surface area contributed by atoms with E-state index < -0.39 is 10.0 Å². The molecule has 1 unspecified atom stereocenters. The second-order valence-electron chi connectivity index (χ2n) is 5.44. The van der Waals surface area contributed by atoms with E-state index in [9.17, 15) is 8.42 Å². The van der Waals surface area contributed by atoms with Gasteiger partial charge in [-0.1, -0.05) is 20.8 Å². The summed E-state index contributed by atoms with van der Waals surface area (Å²) in [6, 6.07) is 5.03. The maximum atomic E-state index is 12.1. The van der Waals surface area contributed by atoms with Crippen LogP contribution in [0.3, 0.4) is 0 Å². The van der Waals surface area contributed by atoms with Crippen molar-refractivity contribution in [3.8, 4) is 0 Å². The van der Waals surface area contributed by atoms with Crippen molar-refractivity contribution >= 4 is 21.4 Å². The van der Waals surface area contributed by atoms with E-state index in [1.165, 1.54) is 24.5 Å². The van der Waals surface area contributed by atoms with E-state index in [1.54, 1.807) is 12.1 Å². The fourth-order valence-electron chi connectivity index (χ4n) is 1.97. The van der Waals surface area contributed by atoms with Crippen LogP contribution < -0.4 is 11.1 Å². The largest absolute Gasteiger partial charge is 0.397 e. The van der Waals surface area contributed by atoms with Crippen LogP contribution >= 0.6 is 0 Å². The van der Waals surface area contributed by atoms with Crippen molar-refractivity contribution in [1.29, 1.82) is 0 Å². The number of nitrogen functional groups attached to an aromatic ring is 1. The van der Waals surface area contributed by atoms with Gasteiger partial charge in [0.1, 0.15) is 0 Å². The second-order valence-corrected chi connectivity index (χ2v) is 7.59. The fraction of sp³-hybridized carbons (Fsp3) is 0.571. The molecule has 1 aromatic rings. The highest BCUT2D eigenvalue weighted by Gasteiger charge is 2.19. The Morgan fingerprint density at radius 2 is 1.90 bits per heavy atom. The van der Waals surface area contributed by atoms with Crippen LogP contribution in [0.25, 0.3) is 0 Å². The standard InChI is InChI=1S/C14H25N3O2S/c1-6-13(10(2)3)16-14-9-11(7-8-12(14)15)20(18,19)17(4)5/h7-10,13,16H,6,15H2,1-5H3. The van der Waals surface area contributed by atoms with Gasteiger partial charge in [0.2, 0.25) is 10.0 Å². The molecule has 1 aromatic carbocycles. The lowest BCUT2D eigenvalue weighted by Gasteiger charge is -2.23. The third-order valence-corrected chi connectivity index (χ3v) is 5.20. The average Bonchev–Trinajstić information content (AvgIpc) is 2.36. The Bertz CT molecular complexity index is 554. The lowest BCUT2D eigenvalue weighted by Crippen LogP contribution is -2.26. The van der Waals surface area contributed by atoms with E-state index in [0.717, 1.165) is 6.42 Å². The molecule has 5 nitrogen and oxygen atoms in total. The Labute approximate surface area is 122 Å². The first-order valence-electron chi connectivity index (χ1n) is 6.78. The van der Waals surface area contributed by atoms with Gasteiger partial charge in [0.05, 0.1) is 16.3 Å². The summed E-state index contributed by atoms with van der Waals surface area (Å²) in [5, 5.41) is 3.34. The van der Waals surface area contributed by atoms with E-state index in [0.29, 0.717) is 17.3 Å². The maximum absolute atomic E-state index is 12.1. The number of hydrogen-bond acceptors (Lipinski definition) is 4. The summed E-state index contributed by atoms with van der Waals surface area (Å²) in [6.45, 7) is 6.34. The van der Waals surface area contributed by atoms with Crippen LogP contribution in [0.5, 0.6) is 0 Å². The highest BCUT2D eigenvalue weighted by atomic mass is 32.2. The fourth-order valence-corrected chi connectivity index (χ4v) is 2.90. The van der Waals surface area contributed by atoms with Gasteiger partial charge in [-0.2, -0.15) is 0 Å². The first kappa shape index (κ1) is 16.8. The molecule has 20 heavy (non-hydrogen) atoms. The second kappa shape index (κ2) is 6.45. The van der Waals surface area contributed by atoms with Crippen molar-refractivity contribution in [1.82, 2.24) is 4.31 Å². The molecule has 0 bridgehead atoms. The number of benzene rings is 1. The summed E-state index contributed by atoms with van der Waals surface area (Å²) in [5.41, 5.74) is 7.17. The monoisotopic (exact) mass is 299 g/mol. The maximum Gasteiger partial charge on any atom is 0.242 e. The molecule has 1 rings (SSSR count). The number of nitrogens with zero attached hydrogens (tertiary/aromatic N) is 1. The molecular weight excluding hydrogens is 274 g/mol. The molecule has 0 heterocycles. The summed E-state index contributed by atoms with van der Waals surface area (Å²) >= 11 is 0. The molecule has 0 spiro atoms. The number of rotatable bonds is 6. The van der Waals surface area contributed by atoms with Crippen LogP contribution in [-0.2, 0) is 10.0 Å². The molecule has 0 aromatic heterocycles.